The summed E-state index contributed by atoms with van der Waals surface area (Å²) in [5, 5.41) is 17.8. The summed E-state index contributed by atoms with van der Waals surface area (Å²) in [5.41, 5.74) is 7.35. The van der Waals surface area contributed by atoms with Gasteiger partial charge in [-0.1, -0.05) is 109 Å². The lowest BCUT2D eigenvalue weighted by atomic mass is 9.95. The highest BCUT2D eigenvalue weighted by atomic mass is 19.1. The zero-order valence-corrected chi connectivity index (χ0v) is 42.2. The Morgan fingerprint density at radius 1 is 0.519 bits per heavy atom. The number of nitrogens with one attached hydrogen (secondary N) is 2. The number of fused-ring (bicyclic) bond motifs is 4. The molecule has 0 bridgehead atoms. The van der Waals surface area contributed by atoms with Crippen LogP contribution in [-0.2, 0) is 39.3 Å². The number of hydrogen-bond acceptors (Lipinski definition) is 10. The van der Waals surface area contributed by atoms with Crippen molar-refractivity contribution in [1.82, 2.24) is 40.4 Å². The van der Waals surface area contributed by atoms with Crippen molar-refractivity contribution in [2.45, 2.75) is 45.4 Å². The predicted molar refractivity (Wildman–Crippen MR) is 291 cm³/mol. The third-order valence-corrected chi connectivity index (χ3v) is 13.7. The normalized spacial score (nSPS) is 12.5. The molecule has 0 atom stereocenters. The Kier molecular flexibility index (Phi) is 14.5. The summed E-state index contributed by atoms with van der Waals surface area (Å²) in [7, 11) is 0. The van der Waals surface area contributed by atoms with Gasteiger partial charge in [0.15, 0.2) is 11.5 Å². The predicted octanol–water partition coefficient (Wildman–Crippen LogP) is 10.6. The summed E-state index contributed by atoms with van der Waals surface area (Å²) in [6, 6.07) is 49.4. The van der Waals surface area contributed by atoms with E-state index in [0.717, 1.165) is 22.3 Å². The number of halogens is 2. The molecule has 6 heterocycles. The number of ether oxygens (including phenoxy) is 1. The van der Waals surface area contributed by atoms with Crippen LogP contribution in [0.5, 0.6) is 11.5 Å². The standard InChI is InChI=1S/C38H29FN4O3.C25H19FN4O3/c39-28-18-16-25(17-19-28)23-43-24-31-32(37(44)42-22-29-14-7-8-20-40-29)30-15-9-21-41-34(30)36(33(31)38(43)45)46-35(26-10-3-1-4-11-26)27-12-5-2-6-13-27;26-16-8-6-15(7-9-16)13-30-14-19-20(24(32)29-12-17-4-1-2-10-27-17)18-5-3-11-28-22(18)23(31)21(19)25(30)33/h1-21,35H,22-24H2,(H,42,44);1-11,31H,12-14H2,(H,29,32). The Labute approximate surface area is 452 Å². The molecule has 2 aliphatic heterocycles. The third kappa shape index (κ3) is 10.7. The van der Waals surface area contributed by atoms with Crippen LogP contribution in [0.15, 0.2) is 195 Å². The van der Waals surface area contributed by atoms with Crippen LogP contribution in [-0.4, -0.2) is 58.5 Å². The first-order chi connectivity index (χ1) is 38.6. The second-order valence-electron chi connectivity index (χ2n) is 18.8. The van der Waals surface area contributed by atoms with Crippen LogP contribution in [0, 0.1) is 11.6 Å². The molecule has 2 aliphatic rings. The van der Waals surface area contributed by atoms with Crippen molar-refractivity contribution in [3.05, 3.63) is 273 Å². The number of nitrogens with zero attached hydrogens (tertiary/aromatic N) is 6. The van der Waals surface area contributed by atoms with Gasteiger partial charge in [0.2, 0.25) is 0 Å². The van der Waals surface area contributed by atoms with E-state index in [-0.39, 0.29) is 85.5 Å². The van der Waals surface area contributed by atoms with Gasteiger partial charge in [-0.15, -0.1) is 0 Å². The first-order valence-electron chi connectivity index (χ1n) is 25.4. The van der Waals surface area contributed by atoms with Gasteiger partial charge in [-0.05, 0) is 82.9 Å². The van der Waals surface area contributed by atoms with E-state index in [1.807, 2.05) is 91.0 Å². The molecule has 6 aromatic carbocycles. The van der Waals surface area contributed by atoms with Crippen LogP contribution in [0.25, 0.3) is 21.8 Å². The van der Waals surface area contributed by atoms with Crippen LogP contribution in [0.1, 0.15) is 92.3 Å². The van der Waals surface area contributed by atoms with E-state index >= 15 is 0 Å². The lowest BCUT2D eigenvalue weighted by Gasteiger charge is -2.23. The maximum atomic E-state index is 14.3. The van der Waals surface area contributed by atoms with Gasteiger partial charge in [-0.25, -0.2) is 8.78 Å². The van der Waals surface area contributed by atoms with Crippen LogP contribution in [0.2, 0.25) is 0 Å². The molecule has 14 nitrogen and oxygen atoms in total. The SMILES string of the molecule is O=C(NCc1ccccn1)c1c2c(c(O)c3ncccc13)C(=O)N(Cc1ccc(F)cc1)C2.O=C(NCc1ccccn1)c1c2c(c(OC(c3ccccc3)c3ccccc3)c3ncccc13)C(=O)N(Cc1ccc(F)cc1)C2. The van der Waals surface area contributed by atoms with Crippen LogP contribution >= 0.6 is 0 Å². The molecule has 0 saturated carbocycles. The Bertz CT molecular complexity index is 3860. The largest absolute Gasteiger partial charge is 0.505 e. The van der Waals surface area contributed by atoms with Gasteiger partial charge in [0.25, 0.3) is 23.6 Å². The second kappa shape index (κ2) is 22.5. The average molecular weight is 1050 g/mol. The second-order valence-corrected chi connectivity index (χ2v) is 18.8. The number of phenolic OH excluding ortho intramolecular Hbond substituents is 1. The summed E-state index contributed by atoms with van der Waals surface area (Å²) in [6.45, 7) is 1.17. The number of carbonyl (C=O) groups excluding carboxylic acids is 4. The molecule has 0 aliphatic carbocycles. The van der Waals surface area contributed by atoms with E-state index in [9.17, 15) is 33.1 Å². The monoisotopic (exact) mass is 1050 g/mol. The minimum Gasteiger partial charge on any atom is -0.505 e. The van der Waals surface area contributed by atoms with Gasteiger partial charge in [-0.3, -0.25) is 39.1 Å². The summed E-state index contributed by atoms with van der Waals surface area (Å²) in [4.78, 5) is 75.5. The highest BCUT2D eigenvalue weighted by Gasteiger charge is 2.39. The number of hydrogen-bond donors (Lipinski definition) is 3. The molecule has 3 N–H and O–H groups in total. The van der Waals surface area contributed by atoms with Crippen molar-refractivity contribution in [1.29, 1.82) is 0 Å². The Hall–Kier alpha value is -10.2. The van der Waals surface area contributed by atoms with Gasteiger partial charge in [0.1, 0.15) is 28.8 Å². The van der Waals surface area contributed by atoms with Crippen molar-refractivity contribution in [3.8, 4) is 11.5 Å². The molecule has 390 valence electrons. The smallest absolute Gasteiger partial charge is 0.258 e. The van der Waals surface area contributed by atoms with Gasteiger partial charge in [0.05, 0.1) is 46.7 Å². The molecule has 79 heavy (non-hydrogen) atoms. The minimum absolute atomic E-state index is 0.0753. The number of aromatic nitrogens is 4. The van der Waals surface area contributed by atoms with Gasteiger partial charge < -0.3 is 30.3 Å². The summed E-state index contributed by atoms with van der Waals surface area (Å²) in [5.74, 6) is -2.07. The highest BCUT2D eigenvalue weighted by Crippen LogP contribution is 2.44. The Balaban J connectivity index is 0.000000177. The molecular formula is C63H48F2N8O6. The van der Waals surface area contributed by atoms with E-state index in [2.05, 4.69) is 30.6 Å². The topological polar surface area (TPSA) is 180 Å². The number of amides is 4. The molecule has 10 aromatic rings. The summed E-state index contributed by atoms with van der Waals surface area (Å²) in [6.07, 6.45) is 5.89. The molecule has 0 unspecified atom stereocenters. The van der Waals surface area contributed by atoms with Crippen LogP contribution in [0.3, 0.4) is 0 Å². The quantitative estimate of drug-likeness (QED) is 0.0949. The summed E-state index contributed by atoms with van der Waals surface area (Å²) >= 11 is 0. The van der Waals surface area contributed by atoms with Gasteiger partial charge in [-0.2, -0.15) is 0 Å². The number of rotatable bonds is 14. The van der Waals surface area contributed by atoms with E-state index < -0.39 is 12.0 Å². The highest BCUT2D eigenvalue weighted by molar-refractivity contribution is 6.17. The van der Waals surface area contributed by atoms with Crippen molar-refractivity contribution in [2.24, 2.45) is 0 Å². The summed E-state index contributed by atoms with van der Waals surface area (Å²) < 4.78 is 33.9. The molecule has 12 rings (SSSR count). The number of aromatic hydroxyl groups is 1. The molecule has 16 heteroatoms. The van der Waals surface area contributed by atoms with Gasteiger partial charge in [0, 0.05) is 72.9 Å². The van der Waals surface area contributed by atoms with E-state index in [1.54, 1.807) is 78.1 Å². The molecular weight excluding hydrogens is 1000 g/mol. The maximum absolute atomic E-state index is 14.3. The maximum Gasteiger partial charge on any atom is 0.258 e. The number of benzene rings is 6. The van der Waals surface area contributed by atoms with Crippen molar-refractivity contribution < 1.29 is 37.8 Å². The van der Waals surface area contributed by atoms with Crippen LogP contribution < -0.4 is 15.4 Å². The zero-order chi connectivity index (χ0) is 54.4. The van der Waals surface area contributed by atoms with Crippen molar-refractivity contribution >= 4 is 45.4 Å². The Morgan fingerprint density at radius 3 is 1.43 bits per heavy atom. The molecule has 4 aromatic heterocycles. The Morgan fingerprint density at radius 2 is 0.949 bits per heavy atom. The average Bonchev–Trinajstić information content (AvgIpc) is 4.10. The lowest BCUT2D eigenvalue weighted by molar-refractivity contribution is 0.0755. The fourth-order valence-electron chi connectivity index (χ4n) is 10.0. The van der Waals surface area contributed by atoms with Gasteiger partial charge >= 0.3 is 0 Å². The fourth-order valence-corrected chi connectivity index (χ4v) is 10.0. The lowest BCUT2D eigenvalue weighted by Crippen LogP contribution is -2.25. The number of phenols is 1. The minimum atomic E-state index is -0.556. The fraction of sp³-hybridized carbons (Fsp3) is 0.111. The molecule has 0 spiro atoms. The zero-order valence-electron chi connectivity index (χ0n) is 42.2. The molecule has 0 fully saturated rings. The number of carbonyl (C=O) groups is 4. The number of pyridine rings is 4. The van der Waals surface area contributed by atoms with Crippen LogP contribution in [0.4, 0.5) is 8.78 Å². The molecule has 0 radical (unpaired) electrons. The third-order valence-electron chi connectivity index (χ3n) is 13.7. The first-order valence-corrected chi connectivity index (χ1v) is 25.4. The molecule has 4 amide bonds. The van der Waals surface area contributed by atoms with E-state index in [0.29, 0.717) is 61.2 Å². The van der Waals surface area contributed by atoms with E-state index in [1.165, 1.54) is 35.4 Å². The molecule has 0 saturated heterocycles. The van der Waals surface area contributed by atoms with Crippen molar-refractivity contribution in [2.75, 3.05) is 0 Å². The first kappa shape index (κ1) is 50.9. The van der Waals surface area contributed by atoms with E-state index in [4.69, 9.17) is 4.74 Å². The van der Waals surface area contributed by atoms with Crippen molar-refractivity contribution in [3.63, 3.8) is 0 Å².